The number of amides is 1. The number of hydrogen-bond acceptors (Lipinski definition) is 5. The summed E-state index contributed by atoms with van der Waals surface area (Å²) in [7, 11) is 0. The number of aromatic nitrogens is 1. The smallest absolute Gasteiger partial charge is 0.224 e. The molecule has 3 heterocycles. The van der Waals surface area contributed by atoms with Crippen molar-refractivity contribution >= 4 is 40.6 Å². The molecule has 0 spiro atoms. The zero-order chi connectivity index (χ0) is 21.5. The minimum Gasteiger partial charge on any atom is -0.490 e. The number of aliphatic hydroxyl groups is 1. The molecule has 0 unspecified atom stereocenters. The van der Waals surface area contributed by atoms with E-state index in [1.165, 1.54) is 24.4 Å². The summed E-state index contributed by atoms with van der Waals surface area (Å²) in [4.78, 5) is 17.3. The number of piperidine rings is 1. The molecule has 2 aliphatic heterocycles. The molecular weight excluding hydrogens is 439 g/mol. The van der Waals surface area contributed by atoms with Gasteiger partial charge in [0, 0.05) is 24.7 Å². The molecule has 1 saturated heterocycles. The van der Waals surface area contributed by atoms with Gasteiger partial charge in [-0.3, -0.25) is 4.79 Å². The second-order valence-corrected chi connectivity index (χ2v) is 8.31. The third-order valence-corrected chi connectivity index (χ3v) is 5.91. The molecule has 1 amide bonds. The number of halogens is 4. The molecule has 30 heavy (non-hydrogen) atoms. The molecule has 1 aromatic heterocycles. The lowest BCUT2D eigenvalue weighted by atomic mass is 9.90. The largest absolute Gasteiger partial charge is 0.490 e. The van der Waals surface area contributed by atoms with E-state index in [1.807, 2.05) is 0 Å². The fraction of sp³-hybridized carbons (Fsp3) is 0.400. The van der Waals surface area contributed by atoms with Gasteiger partial charge in [-0.1, -0.05) is 23.2 Å². The Morgan fingerprint density at radius 2 is 2.17 bits per heavy atom. The number of pyridine rings is 1. The number of hydrogen-bond donors (Lipinski definition) is 2. The van der Waals surface area contributed by atoms with E-state index in [-0.39, 0.29) is 37.6 Å². The normalized spacial score (nSPS) is 23.7. The zero-order valence-electron chi connectivity index (χ0n) is 15.8. The maximum Gasteiger partial charge on any atom is 0.224 e. The molecule has 6 nitrogen and oxygen atoms in total. The van der Waals surface area contributed by atoms with Crippen molar-refractivity contribution in [3.05, 3.63) is 45.8 Å². The van der Waals surface area contributed by atoms with Crippen molar-refractivity contribution in [1.82, 2.24) is 4.98 Å². The SMILES string of the molecule is O=C1CCc2c(OC[C@@]3(O)CCN(c4ncc(Cl)cc4Cl)C[C@H]3F)ccc(F)c2N1. The van der Waals surface area contributed by atoms with Gasteiger partial charge in [0.25, 0.3) is 0 Å². The first-order chi connectivity index (χ1) is 14.3. The molecule has 1 aromatic carbocycles. The van der Waals surface area contributed by atoms with Crippen LogP contribution in [0.1, 0.15) is 18.4 Å². The quantitative estimate of drug-likeness (QED) is 0.730. The average molecular weight is 458 g/mol. The van der Waals surface area contributed by atoms with Crippen LogP contribution in [0.3, 0.4) is 0 Å². The molecule has 0 aliphatic carbocycles. The maximum absolute atomic E-state index is 15.0. The summed E-state index contributed by atoms with van der Waals surface area (Å²) in [6.07, 6.45) is 0.383. The number of carbonyl (C=O) groups is 1. The van der Waals surface area contributed by atoms with Crippen molar-refractivity contribution in [1.29, 1.82) is 0 Å². The van der Waals surface area contributed by atoms with E-state index in [0.29, 0.717) is 40.1 Å². The van der Waals surface area contributed by atoms with Crippen molar-refractivity contribution in [2.75, 3.05) is 29.9 Å². The van der Waals surface area contributed by atoms with E-state index in [4.69, 9.17) is 27.9 Å². The van der Waals surface area contributed by atoms with Crippen LogP contribution in [-0.2, 0) is 11.2 Å². The molecule has 0 radical (unpaired) electrons. The van der Waals surface area contributed by atoms with Gasteiger partial charge in [-0.15, -0.1) is 0 Å². The first kappa shape index (κ1) is 21.1. The van der Waals surface area contributed by atoms with Gasteiger partial charge in [-0.25, -0.2) is 13.8 Å². The molecule has 2 aliphatic rings. The Morgan fingerprint density at radius 3 is 2.90 bits per heavy atom. The van der Waals surface area contributed by atoms with Crippen LogP contribution in [0.5, 0.6) is 5.75 Å². The van der Waals surface area contributed by atoms with Gasteiger partial charge in [0.1, 0.15) is 35.8 Å². The van der Waals surface area contributed by atoms with Crippen molar-refractivity contribution in [3.8, 4) is 5.75 Å². The summed E-state index contributed by atoms with van der Waals surface area (Å²) in [6, 6.07) is 4.13. The number of rotatable bonds is 4. The minimum absolute atomic E-state index is 0.0748. The Bertz CT molecular complexity index is 994. The Balaban J connectivity index is 1.46. The van der Waals surface area contributed by atoms with Crippen LogP contribution in [0.4, 0.5) is 20.3 Å². The minimum atomic E-state index is -1.73. The highest BCUT2D eigenvalue weighted by Crippen LogP contribution is 2.36. The average Bonchev–Trinajstić information content (AvgIpc) is 2.70. The second-order valence-electron chi connectivity index (χ2n) is 7.46. The third-order valence-electron chi connectivity index (χ3n) is 5.43. The van der Waals surface area contributed by atoms with Crippen LogP contribution in [0, 0.1) is 5.82 Å². The van der Waals surface area contributed by atoms with Gasteiger partial charge < -0.3 is 20.1 Å². The number of nitrogens with one attached hydrogen (secondary N) is 1. The first-order valence-electron chi connectivity index (χ1n) is 9.43. The second kappa shape index (κ2) is 8.17. The highest BCUT2D eigenvalue weighted by molar-refractivity contribution is 6.36. The first-order valence-corrected chi connectivity index (χ1v) is 10.2. The zero-order valence-corrected chi connectivity index (χ0v) is 17.3. The van der Waals surface area contributed by atoms with Gasteiger partial charge in [0.15, 0.2) is 0 Å². The highest BCUT2D eigenvalue weighted by atomic mass is 35.5. The molecule has 0 bridgehead atoms. The van der Waals surface area contributed by atoms with Crippen molar-refractivity contribution in [2.24, 2.45) is 0 Å². The third kappa shape index (κ3) is 4.04. The molecule has 4 rings (SSSR count). The van der Waals surface area contributed by atoms with Gasteiger partial charge in [0.2, 0.25) is 5.91 Å². The van der Waals surface area contributed by atoms with E-state index < -0.39 is 17.6 Å². The number of alkyl halides is 1. The van der Waals surface area contributed by atoms with Crippen LogP contribution >= 0.6 is 23.2 Å². The van der Waals surface area contributed by atoms with Gasteiger partial charge in [-0.2, -0.15) is 0 Å². The van der Waals surface area contributed by atoms with Crippen LogP contribution < -0.4 is 15.0 Å². The van der Waals surface area contributed by atoms with Crippen LogP contribution in [0.2, 0.25) is 10.0 Å². The summed E-state index contributed by atoms with van der Waals surface area (Å²) in [6.45, 7) is -0.117. The predicted molar refractivity (Wildman–Crippen MR) is 110 cm³/mol. The van der Waals surface area contributed by atoms with Crippen molar-refractivity contribution in [3.63, 3.8) is 0 Å². The maximum atomic E-state index is 15.0. The lowest BCUT2D eigenvalue weighted by molar-refractivity contribution is -0.116. The summed E-state index contributed by atoms with van der Waals surface area (Å²) in [5.74, 6) is -0.122. The highest BCUT2D eigenvalue weighted by Gasteiger charge is 2.44. The van der Waals surface area contributed by atoms with E-state index in [1.54, 1.807) is 4.90 Å². The Morgan fingerprint density at radius 1 is 1.37 bits per heavy atom. The Labute approximate surface area is 181 Å². The molecule has 1 fully saturated rings. The molecule has 2 atom stereocenters. The number of benzene rings is 1. The number of ether oxygens (including phenoxy) is 1. The summed E-state index contributed by atoms with van der Waals surface area (Å²) >= 11 is 12.0. The summed E-state index contributed by atoms with van der Waals surface area (Å²) in [5.41, 5.74) is -1.15. The number of anilines is 2. The van der Waals surface area contributed by atoms with Gasteiger partial charge in [0.05, 0.1) is 22.3 Å². The Hall–Kier alpha value is -2.16. The van der Waals surface area contributed by atoms with E-state index >= 15 is 0 Å². The van der Waals surface area contributed by atoms with E-state index in [0.717, 1.165) is 0 Å². The van der Waals surface area contributed by atoms with Crippen LogP contribution in [0.25, 0.3) is 0 Å². The number of nitrogens with zero attached hydrogens (tertiary/aromatic N) is 2. The molecule has 0 saturated carbocycles. The number of carbonyl (C=O) groups excluding carboxylic acids is 1. The van der Waals surface area contributed by atoms with Crippen molar-refractivity contribution in [2.45, 2.75) is 31.0 Å². The van der Waals surface area contributed by atoms with Crippen LogP contribution in [0.15, 0.2) is 24.4 Å². The monoisotopic (exact) mass is 457 g/mol. The standard InChI is InChI=1S/C20H19Cl2F2N3O3/c21-11-7-13(22)19(25-8-11)27-6-5-20(29,16(24)9-27)10-30-15-3-2-14(23)18-12(15)1-4-17(28)26-18/h2-3,7-8,16,29H,1,4-6,9-10H2,(H,26,28)/t16-,20+/m1/s1. The van der Waals surface area contributed by atoms with E-state index in [9.17, 15) is 18.7 Å². The van der Waals surface area contributed by atoms with Gasteiger partial charge >= 0.3 is 0 Å². The molecule has 2 N–H and O–H groups in total. The van der Waals surface area contributed by atoms with Crippen LogP contribution in [-0.4, -0.2) is 47.5 Å². The van der Waals surface area contributed by atoms with Gasteiger partial charge in [-0.05, 0) is 31.0 Å². The lowest BCUT2D eigenvalue weighted by Gasteiger charge is -2.41. The predicted octanol–water partition coefficient (Wildman–Crippen LogP) is 3.77. The van der Waals surface area contributed by atoms with Crippen molar-refractivity contribution < 1.29 is 23.4 Å². The van der Waals surface area contributed by atoms with E-state index in [2.05, 4.69) is 10.3 Å². The molecule has 160 valence electrons. The lowest BCUT2D eigenvalue weighted by Crippen LogP contribution is -2.57. The summed E-state index contributed by atoms with van der Waals surface area (Å²) in [5, 5.41) is 14.0. The number of fused-ring (bicyclic) bond motifs is 1. The fourth-order valence-electron chi connectivity index (χ4n) is 3.70. The molecule has 10 heteroatoms. The molecular formula is C20H19Cl2F2N3O3. The molecule has 2 aromatic rings. The fourth-order valence-corrected chi connectivity index (χ4v) is 4.20. The Kier molecular flexibility index (Phi) is 5.74. The summed E-state index contributed by atoms with van der Waals surface area (Å²) < 4.78 is 34.7. The topological polar surface area (TPSA) is 74.7 Å².